The van der Waals surface area contributed by atoms with Crippen LogP contribution in [0.25, 0.3) is 0 Å². The minimum absolute atomic E-state index is 0.576. The van der Waals surface area contributed by atoms with Crippen LogP contribution in [-0.4, -0.2) is 20.3 Å². The summed E-state index contributed by atoms with van der Waals surface area (Å²) in [7, 11) is 1.60. The topological polar surface area (TPSA) is 39.7 Å². The molecule has 6 heteroatoms. The monoisotopic (exact) mass is 427 g/mol. The van der Waals surface area contributed by atoms with Crippen LogP contribution in [0.4, 0.5) is 5.69 Å². The van der Waals surface area contributed by atoms with Gasteiger partial charge >= 0.3 is 0 Å². The molecule has 0 spiro atoms. The Balaban J connectivity index is 2.14. The Bertz CT molecular complexity index is 709. The fraction of sp³-hybridized carbons (Fsp3) is 0.368. The molecule has 0 atom stereocenters. The van der Waals surface area contributed by atoms with E-state index < -0.39 is 0 Å². The molecule has 0 radical (unpaired) electrons. The molecule has 0 aliphatic rings. The van der Waals surface area contributed by atoms with Crippen molar-refractivity contribution in [2.24, 2.45) is 0 Å². The molecule has 0 aromatic heterocycles. The van der Waals surface area contributed by atoms with E-state index in [2.05, 4.69) is 28.2 Å². The van der Waals surface area contributed by atoms with Gasteiger partial charge in [0.15, 0.2) is 11.5 Å². The van der Waals surface area contributed by atoms with Crippen LogP contribution in [0.3, 0.4) is 0 Å². The standard InChI is InChI=1S/C19H23BrClNO3/c1-4-8-25-19-15(20)9-13(10-18(19)24-5-2)12-22-14-6-7-17(23-3)16(21)11-14/h6-7,9-11,22H,4-5,8,12H2,1-3H3. The molecule has 2 aromatic carbocycles. The predicted octanol–water partition coefficient (Wildman–Crippen LogP) is 5.91. The van der Waals surface area contributed by atoms with Crippen LogP contribution in [0.2, 0.25) is 5.02 Å². The maximum absolute atomic E-state index is 6.16. The summed E-state index contributed by atoms with van der Waals surface area (Å²) in [5.74, 6) is 2.15. The lowest BCUT2D eigenvalue weighted by molar-refractivity contribution is 0.275. The van der Waals surface area contributed by atoms with Crippen LogP contribution in [0.5, 0.6) is 17.2 Å². The summed E-state index contributed by atoms with van der Waals surface area (Å²) in [6, 6.07) is 9.65. The van der Waals surface area contributed by atoms with Gasteiger partial charge < -0.3 is 19.5 Å². The van der Waals surface area contributed by atoms with Gasteiger partial charge in [-0.05, 0) is 65.2 Å². The molecule has 2 aromatic rings. The predicted molar refractivity (Wildman–Crippen MR) is 106 cm³/mol. The summed E-state index contributed by atoms with van der Waals surface area (Å²) >= 11 is 9.75. The first kappa shape index (κ1) is 19.7. The third-order valence-electron chi connectivity index (χ3n) is 3.47. The second-order valence-corrected chi connectivity index (χ2v) is 6.65. The number of ether oxygens (including phenoxy) is 3. The molecule has 0 unspecified atom stereocenters. The highest BCUT2D eigenvalue weighted by Gasteiger charge is 2.12. The molecular weight excluding hydrogens is 406 g/mol. The van der Waals surface area contributed by atoms with Gasteiger partial charge in [-0.25, -0.2) is 0 Å². The van der Waals surface area contributed by atoms with E-state index in [9.17, 15) is 0 Å². The third kappa shape index (κ3) is 5.44. The molecule has 0 aliphatic carbocycles. The lowest BCUT2D eigenvalue weighted by Gasteiger charge is -2.16. The first-order valence-electron chi connectivity index (χ1n) is 8.24. The van der Waals surface area contributed by atoms with Gasteiger partial charge in [-0.1, -0.05) is 18.5 Å². The number of halogens is 2. The zero-order valence-corrected chi connectivity index (χ0v) is 17.0. The van der Waals surface area contributed by atoms with Crippen LogP contribution in [0.15, 0.2) is 34.8 Å². The van der Waals surface area contributed by atoms with Crippen LogP contribution in [-0.2, 0) is 6.54 Å². The molecule has 136 valence electrons. The number of rotatable bonds is 9. The molecule has 0 aliphatic heterocycles. The van der Waals surface area contributed by atoms with Gasteiger partial charge in [-0.3, -0.25) is 0 Å². The van der Waals surface area contributed by atoms with Crippen LogP contribution < -0.4 is 19.5 Å². The molecule has 0 amide bonds. The van der Waals surface area contributed by atoms with E-state index in [4.69, 9.17) is 25.8 Å². The molecular formula is C19H23BrClNO3. The summed E-state index contributed by atoms with van der Waals surface area (Å²) in [5.41, 5.74) is 2.00. The Morgan fingerprint density at radius 1 is 1.08 bits per heavy atom. The van der Waals surface area contributed by atoms with Crippen molar-refractivity contribution in [3.05, 3.63) is 45.4 Å². The minimum Gasteiger partial charge on any atom is -0.495 e. The second kappa shape index (κ2) is 9.78. The second-order valence-electron chi connectivity index (χ2n) is 5.39. The highest BCUT2D eigenvalue weighted by molar-refractivity contribution is 9.10. The van der Waals surface area contributed by atoms with Crippen molar-refractivity contribution >= 4 is 33.2 Å². The average molecular weight is 429 g/mol. The highest BCUT2D eigenvalue weighted by Crippen LogP contribution is 2.37. The smallest absolute Gasteiger partial charge is 0.175 e. The van der Waals surface area contributed by atoms with Crippen molar-refractivity contribution in [2.45, 2.75) is 26.8 Å². The molecule has 1 N–H and O–H groups in total. The number of anilines is 1. The zero-order chi connectivity index (χ0) is 18.2. The zero-order valence-electron chi connectivity index (χ0n) is 14.7. The Hall–Kier alpha value is -1.59. The fourth-order valence-electron chi connectivity index (χ4n) is 2.31. The van der Waals surface area contributed by atoms with Crippen molar-refractivity contribution in [3.8, 4) is 17.2 Å². The lowest BCUT2D eigenvalue weighted by atomic mass is 10.2. The Morgan fingerprint density at radius 2 is 1.88 bits per heavy atom. The quantitative estimate of drug-likeness (QED) is 0.539. The van der Waals surface area contributed by atoms with Crippen LogP contribution in [0, 0.1) is 0 Å². The van der Waals surface area contributed by atoms with E-state index in [1.165, 1.54) is 0 Å². The molecule has 0 bridgehead atoms. The first-order valence-corrected chi connectivity index (χ1v) is 9.41. The number of hydrogen-bond donors (Lipinski definition) is 1. The van der Waals surface area contributed by atoms with Gasteiger partial charge in [-0.2, -0.15) is 0 Å². The maximum Gasteiger partial charge on any atom is 0.175 e. The van der Waals surface area contributed by atoms with Crippen molar-refractivity contribution in [2.75, 3.05) is 25.6 Å². The normalized spacial score (nSPS) is 10.4. The Labute approximate surface area is 162 Å². The van der Waals surface area contributed by atoms with Crippen LogP contribution in [0.1, 0.15) is 25.8 Å². The largest absolute Gasteiger partial charge is 0.495 e. The summed E-state index contributed by atoms with van der Waals surface area (Å²) in [6.45, 7) is 5.91. The third-order valence-corrected chi connectivity index (χ3v) is 4.35. The van der Waals surface area contributed by atoms with E-state index in [0.29, 0.717) is 30.5 Å². The lowest BCUT2D eigenvalue weighted by Crippen LogP contribution is -2.04. The first-order chi connectivity index (χ1) is 12.1. The molecule has 0 saturated heterocycles. The number of methoxy groups -OCH3 is 1. The summed E-state index contributed by atoms with van der Waals surface area (Å²) in [5, 5.41) is 3.93. The van der Waals surface area contributed by atoms with Crippen molar-refractivity contribution < 1.29 is 14.2 Å². The number of nitrogens with one attached hydrogen (secondary N) is 1. The van der Waals surface area contributed by atoms with Gasteiger partial charge in [-0.15, -0.1) is 0 Å². The molecule has 4 nitrogen and oxygen atoms in total. The minimum atomic E-state index is 0.576. The van der Waals surface area contributed by atoms with E-state index in [1.54, 1.807) is 7.11 Å². The highest BCUT2D eigenvalue weighted by atomic mass is 79.9. The molecule has 0 fully saturated rings. The van der Waals surface area contributed by atoms with Crippen molar-refractivity contribution in [1.29, 1.82) is 0 Å². The Morgan fingerprint density at radius 3 is 2.52 bits per heavy atom. The fourth-order valence-corrected chi connectivity index (χ4v) is 3.17. The summed E-state index contributed by atoms with van der Waals surface area (Å²) < 4.78 is 17.6. The number of benzene rings is 2. The van der Waals surface area contributed by atoms with Gasteiger partial charge in [0.25, 0.3) is 0 Å². The molecule has 0 saturated carbocycles. The number of hydrogen-bond acceptors (Lipinski definition) is 4. The van der Waals surface area contributed by atoms with E-state index in [0.717, 1.165) is 33.6 Å². The van der Waals surface area contributed by atoms with E-state index in [-0.39, 0.29) is 0 Å². The molecule has 25 heavy (non-hydrogen) atoms. The molecule has 0 heterocycles. The van der Waals surface area contributed by atoms with Gasteiger partial charge in [0.1, 0.15) is 5.75 Å². The summed E-state index contributed by atoms with van der Waals surface area (Å²) in [4.78, 5) is 0. The van der Waals surface area contributed by atoms with Gasteiger partial charge in [0.05, 0.1) is 29.8 Å². The Kier molecular flexibility index (Phi) is 7.72. The maximum atomic E-state index is 6.16. The molecule has 2 rings (SSSR count). The van der Waals surface area contributed by atoms with Gasteiger partial charge in [0, 0.05) is 12.2 Å². The van der Waals surface area contributed by atoms with Crippen LogP contribution >= 0.6 is 27.5 Å². The van der Waals surface area contributed by atoms with Crippen molar-refractivity contribution in [1.82, 2.24) is 0 Å². The van der Waals surface area contributed by atoms with E-state index in [1.807, 2.05) is 37.3 Å². The van der Waals surface area contributed by atoms with Gasteiger partial charge in [0.2, 0.25) is 0 Å². The average Bonchev–Trinajstić information content (AvgIpc) is 2.59. The van der Waals surface area contributed by atoms with E-state index >= 15 is 0 Å². The van der Waals surface area contributed by atoms with Crippen molar-refractivity contribution in [3.63, 3.8) is 0 Å². The SMILES string of the molecule is CCCOc1c(Br)cc(CNc2ccc(OC)c(Cl)c2)cc1OCC. The summed E-state index contributed by atoms with van der Waals surface area (Å²) in [6.07, 6.45) is 0.944.